The molecule has 0 spiro atoms. The van der Waals surface area contributed by atoms with Crippen molar-refractivity contribution in [1.29, 1.82) is 0 Å². The molecule has 0 amide bonds. The average molecular weight is 423 g/mol. The fourth-order valence-electron chi connectivity index (χ4n) is 2.92. The SMILES string of the molecule is CCOc1cc(C=Cc2[nH]c(=O)[nH]c(=O)c2[N+](=O)[O-])ccc1OCCc1ccccc1. The van der Waals surface area contributed by atoms with E-state index < -0.39 is 21.9 Å². The molecule has 0 saturated heterocycles. The van der Waals surface area contributed by atoms with Crippen molar-refractivity contribution in [2.24, 2.45) is 0 Å². The highest BCUT2D eigenvalue weighted by Crippen LogP contribution is 2.29. The van der Waals surface area contributed by atoms with E-state index in [2.05, 4.69) is 4.98 Å². The maximum atomic E-state index is 11.7. The molecule has 3 rings (SSSR count). The first-order valence-electron chi connectivity index (χ1n) is 9.60. The molecule has 0 saturated carbocycles. The predicted octanol–water partition coefficient (Wildman–Crippen LogP) is 3.16. The zero-order valence-electron chi connectivity index (χ0n) is 16.8. The number of nitrogens with one attached hydrogen (secondary N) is 2. The normalized spacial score (nSPS) is 10.9. The summed E-state index contributed by atoms with van der Waals surface area (Å²) in [6.45, 7) is 2.75. The van der Waals surface area contributed by atoms with Crippen LogP contribution in [-0.2, 0) is 6.42 Å². The van der Waals surface area contributed by atoms with Crippen LogP contribution in [0.4, 0.5) is 5.69 Å². The molecule has 1 aromatic heterocycles. The Hall–Kier alpha value is -4.14. The molecule has 0 unspecified atom stereocenters. The van der Waals surface area contributed by atoms with Gasteiger partial charge in [-0.25, -0.2) is 4.79 Å². The van der Waals surface area contributed by atoms with E-state index in [-0.39, 0.29) is 5.69 Å². The summed E-state index contributed by atoms with van der Waals surface area (Å²) in [5, 5.41) is 11.1. The summed E-state index contributed by atoms with van der Waals surface area (Å²) in [6.07, 6.45) is 3.58. The summed E-state index contributed by atoms with van der Waals surface area (Å²) in [5.41, 5.74) is -1.01. The Bertz CT molecular complexity index is 1200. The van der Waals surface area contributed by atoms with Crippen LogP contribution in [0.5, 0.6) is 11.5 Å². The lowest BCUT2D eigenvalue weighted by molar-refractivity contribution is -0.386. The molecule has 9 nitrogen and oxygen atoms in total. The molecule has 0 bridgehead atoms. The number of H-pyrrole nitrogens is 2. The van der Waals surface area contributed by atoms with Crippen LogP contribution in [-0.4, -0.2) is 28.1 Å². The maximum absolute atomic E-state index is 11.7. The van der Waals surface area contributed by atoms with Crippen LogP contribution in [0.15, 0.2) is 58.1 Å². The van der Waals surface area contributed by atoms with Gasteiger partial charge in [0.25, 0.3) is 0 Å². The standard InChI is InChI=1S/C22H21N3O6/c1-2-30-19-14-16(8-10-17-20(25(28)29)21(26)24-22(27)23-17)9-11-18(19)31-13-12-15-6-4-3-5-7-15/h3-11,14H,2,12-13H2,1H3,(H2,23,24,26,27). The molecule has 0 aliphatic heterocycles. The second-order valence-corrected chi connectivity index (χ2v) is 6.48. The van der Waals surface area contributed by atoms with Crippen LogP contribution in [0.3, 0.4) is 0 Å². The van der Waals surface area contributed by atoms with Gasteiger partial charge in [-0.15, -0.1) is 0 Å². The molecule has 0 radical (unpaired) electrons. The van der Waals surface area contributed by atoms with E-state index in [0.717, 1.165) is 12.0 Å². The number of ether oxygens (including phenoxy) is 2. The fraction of sp³-hybridized carbons (Fsp3) is 0.182. The van der Waals surface area contributed by atoms with Gasteiger partial charge in [-0.05, 0) is 36.3 Å². The van der Waals surface area contributed by atoms with Gasteiger partial charge in [0.05, 0.1) is 18.1 Å². The van der Waals surface area contributed by atoms with Crippen molar-refractivity contribution in [2.75, 3.05) is 13.2 Å². The third-order valence-electron chi connectivity index (χ3n) is 4.33. The molecule has 2 aromatic carbocycles. The molecule has 9 heteroatoms. The Morgan fingerprint density at radius 1 is 1.00 bits per heavy atom. The minimum atomic E-state index is -1.06. The number of nitro groups is 1. The molecule has 2 N–H and O–H groups in total. The summed E-state index contributed by atoms with van der Waals surface area (Å²) in [6, 6.07) is 15.2. The molecule has 3 aromatic rings. The van der Waals surface area contributed by atoms with E-state index in [9.17, 15) is 19.7 Å². The van der Waals surface area contributed by atoms with Gasteiger partial charge in [0.2, 0.25) is 0 Å². The lowest BCUT2D eigenvalue weighted by atomic mass is 10.1. The van der Waals surface area contributed by atoms with Crippen LogP contribution < -0.4 is 20.7 Å². The number of rotatable bonds is 9. The molecule has 1 heterocycles. The van der Waals surface area contributed by atoms with E-state index in [4.69, 9.17) is 9.47 Å². The Labute approximate surface area is 177 Å². The zero-order valence-corrected chi connectivity index (χ0v) is 16.8. The first-order chi connectivity index (χ1) is 15.0. The van der Waals surface area contributed by atoms with E-state index in [1.54, 1.807) is 18.2 Å². The van der Waals surface area contributed by atoms with Crippen LogP contribution >= 0.6 is 0 Å². The number of nitrogens with zero attached hydrogens (tertiary/aromatic N) is 1. The number of hydrogen-bond acceptors (Lipinski definition) is 6. The van der Waals surface area contributed by atoms with E-state index >= 15 is 0 Å². The highest BCUT2D eigenvalue weighted by Gasteiger charge is 2.18. The van der Waals surface area contributed by atoms with Crippen molar-refractivity contribution < 1.29 is 14.4 Å². The van der Waals surface area contributed by atoms with Crippen LogP contribution in [0.25, 0.3) is 12.2 Å². The Morgan fingerprint density at radius 3 is 2.48 bits per heavy atom. The highest BCUT2D eigenvalue weighted by molar-refractivity contribution is 5.72. The summed E-state index contributed by atoms with van der Waals surface area (Å²) in [7, 11) is 0. The maximum Gasteiger partial charge on any atom is 0.357 e. The van der Waals surface area contributed by atoms with Gasteiger partial charge in [-0.2, -0.15) is 0 Å². The third kappa shape index (κ3) is 5.69. The fourth-order valence-corrected chi connectivity index (χ4v) is 2.92. The minimum Gasteiger partial charge on any atom is -0.490 e. The Morgan fingerprint density at radius 2 is 1.77 bits per heavy atom. The molecule has 0 aliphatic rings. The van der Waals surface area contributed by atoms with Gasteiger partial charge in [-0.1, -0.05) is 42.5 Å². The number of aromatic amines is 2. The largest absolute Gasteiger partial charge is 0.490 e. The van der Waals surface area contributed by atoms with Crippen molar-refractivity contribution >= 4 is 17.8 Å². The Kier molecular flexibility index (Phi) is 7.00. The number of hydrogen-bond donors (Lipinski definition) is 2. The van der Waals surface area contributed by atoms with Crippen molar-refractivity contribution in [1.82, 2.24) is 9.97 Å². The second kappa shape index (κ2) is 10.1. The Balaban J connectivity index is 1.80. The van der Waals surface area contributed by atoms with Gasteiger partial charge in [0, 0.05) is 6.42 Å². The molecular formula is C22H21N3O6. The van der Waals surface area contributed by atoms with E-state index in [0.29, 0.717) is 30.3 Å². The summed E-state index contributed by atoms with van der Waals surface area (Å²) >= 11 is 0. The van der Waals surface area contributed by atoms with Crippen LogP contribution in [0.1, 0.15) is 23.7 Å². The molecule has 0 atom stereocenters. The third-order valence-corrected chi connectivity index (χ3v) is 4.33. The van der Waals surface area contributed by atoms with Crippen molar-refractivity contribution in [3.8, 4) is 11.5 Å². The molecule has 0 aliphatic carbocycles. The smallest absolute Gasteiger partial charge is 0.357 e. The first-order valence-corrected chi connectivity index (χ1v) is 9.60. The van der Waals surface area contributed by atoms with Crippen molar-refractivity contribution in [3.05, 3.63) is 96.3 Å². The first kappa shape index (κ1) is 21.6. The molecule has 0 fully saturated rings. The lowest BCUT2D eigenvalue weighted by Gasteiger charge is -2.12. The van der Waals surface area contributed by atoms with Gasteiger partial charge in [-0.3, -0.25) is 19.9 Å². The molecular weight excluding hydrogens is 402 g/mol. The zero-order chi connectivity index (χ0) is 22.2. The number of benzene rings is 2. The summed E-state index contributed by atoms with van der Waals surface area (Å²) < 4.78 is 11.5. The quantitative estimate of drug-likeness (QED) is 0.402. The lowest BCUT2D eigenvalue weighted by Crippen LogP contribution is -2.25. The predicted molar refractivity (Wildman–Crippen MR) is 117 cm³/mol. The van der Waals surface area contributed by atoms with Gasteiger partial charge < -0.3 is 14.5 Å². The van der Waals surface area contributed by atoms with Crippen LogP contribution in [0, 0.1) is 10.1 Å². The van der Waals surface area contributed by atoms with Crippen molar-refractivity contribution in [3.63, 3.8) is 0 Å². The number of aromatic nitrogens is 2. The summed E-state index contributed by atoms with van der Waals surface area (Å²) in [4.78, 5) is 37.6. The van der Waals surface area contributed by atoms with Gasteiger partial charge >= 0.3 is 16.9 Å². The molecule has 31 heavy (non-hydrogen) atoms. The highest BCUT2D eigenvalue weighted by atomic mass is 16.6. The summed E-state index contributed by atoms with van der Waals surface area (Å²) in [5.74, 6) is 1.09. The van der Waals surface area contributed by atoms with E-state index in [1.165, 1.54) is 12.2 Å². The van der Waals surface area contributed by atoms with Crippen LogP contribution in [0.2, 0.25) is 0 Å². The van der Waals surface area contributed by atoms with Crippen molar-refractivity contribution in [2.45, 2.75) is 13.3 Å². The van der Waals surface area contributed by atoms with E-state index in [1.807, 2.05) is 42.2 Å². The van der Waals surface area contributed by atoms with Gasteiger partial charge in [0.15, 0.2) is 11.5 Å². The minimum absolute atomic E-state index is 0.195. The van der Waals surface area contributed by atoms with Gasteiger partial charge in [0.1, 0.15) is 5.69 Å². The molecule has 160 valence electrons. The topological polar surface area (TPSA) is 127 Å². The second-order valence-electron chi connectivity index (χ2n) is 6.48. The monoisotopic (exact) mass is 423 g/mol. The average Bonchev–Trinajstić information content (AvgIpc) is 2.73.